The zero-order valence-corrected chi connectivity index (χ0v) is 16.8. The Labute approximate surface area is 166 Å². The molecule has 0 spiro atoms. The maximum Gasteiger partial charge on any atom is 0.315 e. The van der Waals surface area contributed by atoms with E-state index in [0.717, 1.165) is 30.3 Å². The molecule has 9 heteroatoms. The molecule has 0 saturated heterocycles. The lowest BCUT2D eigenvalue weighted by Gasteiger charge is -2.31. The van der Waals surface area contributed by atoms with E-state index in [1.807, 2.05) is 37.5 Å². The van der Waals surface area contributed by atoms with Gasteiger partial charge in [0.1, 0.15) is 22.8 Å². The van der Waals surface area contributed by atoms with Gasteiger partial charge in [0.25, 0.3) is 0 Å². The summed E-state index contributed by atoms with van der Waals surface area (Å²) in [5, 5.41) is 9.41. The number of aromatic nitrogens is 2. The minimum atomic E-state index is -1.40. The summed E-state index contributed by atoms with van der Waals surface area (Å²) in [6.45, 7) is 0.375. The predicted molar refractivity (Wildman–Crippen MR) is 107 cm³/mol. The van der Waals surface area contributed by atoms with Gasteiger partial charge in [0, 0.05) is 38.3 Å². The van der Waals surface area contributed by atoms with Crippen LogP contribution in [0.2, 0.25) is 0 Å². The van der Waals surface area contributed by atoms with Gasteiger partial charge >= 0.3 is 6.03 Å². The Hall–Kier alpha value is -2.52. The molecule has 3 unspecified atom stereocenters. The molecule has 3 N–H and O–H groups in total. The quantitative estimate of drug-likeness (QED) is 0.607. The van der Waals surface area contributed by atoms with E-state index < -0.39 is 16.5 Å². The summed E-state index contributed by atoms with van der Waals surface area (Å²) in [5.74, 6) is -0.110. The molecular weight excluding hydrogens is 378 g/mol. The Balaban J connectivity index is 1.63. The van der Waals surface area contributed by atoms with Crippen LogP contribution in [0, 0.1) is 5.92 Å². The minimum absolute atomic E-state index is 0.110. The van der Waals surface area contributed by atoms with Crippen molar-refractivity contribution >= 4 is 23.3 Å². The highest BCUT2D eigenvalue weighted by Crippen LogP contribution is 2.34. The second-order valence-electron chi connectivity index (χ2n) is 7.00. The number of aldehydes is 1. The van der Waals surface area contributed by atoms with E-state index in [4.69, 9.17) is 0 Å². The van der Waals surface area contributed by atoms with Crippen molar-refractivity contribution in [2.75, 3.05) is 13.6 Å². The molecule has 0 radical (unpaired) electrons. The molecule has 1 saturated carbocycles. The second-order valence-corrected chi connectivity index (χ2v) is 8.29. The predicted octanol–water partition coefficient (Wildman–Crippen LogP) is 1.37. The van der Waals surface area contributed by atoms with Gasteiger partial charge in [0.05, 0.1) is 11.1 Å². The number of aryl methyl sites for hydroxylation is 1. The van der Waals surface area contributed by atoms with Gasteiger partial charge in [-0.2, -0.15) is 5.10 Å². The molecule has 28 heavy (non-hydrogen) atoms. The summed E-state index contributed by atoms with van der Waals surface area (Å²) < 4.78 is 17.4. The van der Waals surface area contributed by atoms with Crippen molar-refractivity contribution in [2.45, 2.75) is 29.7 Å². The van der Waals surface area contributed by atoms with Crippen LogP contribution in [-0.2, 0) is 22.8 Å². The maximum atomic E-state index is 12.6. The van der Waals surface area contributed by atoms with Gasteiger partial charge in [-0.05, 0) is 30.5 Å². The highest BCUT2D eigenvalue weighted by Gasteiger charge is 2.44. The van der Waals surface area contributed by atoms with Crippen LogP contribution in [0.15, 0.2) is 41.6 Å². The van der Waals surface area contributed by atoms with E-state index >= 15 is 0 Å². The summed E-state index contributed by atoms with van der Waals surface area (Å²) in [6, 6.07) is 7.06. The van der Waals surface area contributed by atoms with E-state index in [0.29, 0.717) is 17.9 Å². The summed E-state index contributed by atoms with van der Waals surface area (Å²) in [6.07, 6.45) is 6.72. The summed E-state index contributed by atoms with van der Waals surface area (Å²) >= 11 is 0. The normalized spacial score (nSPS) is 22.6. The first kappa shape index (κ1) is 20.2. The molecule has 1 heterocycles. The number of rotatable bonds is 7. The monoisotopic (exact) mass is 403 g/mol. The third-order valence-corrected chi connectivity index (χ3v) is 6.35. The van der Waals surface area contributed by atoms with Gasteiger partial charge in [-0.15, -0.1) is 0 Å². The molecule has 3 rings (SSSR count). The highest BCUT2D eigenvalue weighted by atomic mass is 32.2. The van der Waals surface area contributed by atoms with Crippen molar-refractivity contribution in [1.29, 1.82) is 0 Å². The first-order valence-electron chi connectivity index (χ1n) is 9.18. The van der Waals surface area contributed by atoms with Crippen molar-refractivity contribution in [3.05, 3.63) is 36.7 Å². The van der Waals surface area contributed by atoms with Crippen molar-refractivity contribution < 1.29 is 13.8 Å². The van der Waals surface area contributed by atoms with E-state index in [-0.39, 0.29) is 11.9 Å². The second kappa shape index (κ2) is 8.66. The molecule has 1 aliphatic carbocycles. The minimum Gasteiger partial charge on any atom is -0.341 e. The molecule has 2 aromatic rings. The largest absolute Gasteiger partial charge is 0.341 e. The molecule has 1 aliphatic rings. The number of hydrogen-bond donors (Lipinski definition) is 3. The zero-order chi connectivity index (χ0) is 20.1. The van der Waals surface area contributed by atoms with E-state index in [9.17, 15) is 13.8 Å². The molecular formula is C19H25N5O3S. The number of nitrogens with one attached hydrogen (secondary N) is 3. The van der Waals surface area contributed by atoms with Crippen molar-refractivity contribution in [2.24, 2.45) is 13.0 Å². The van der Waals surface area contributed by atoms with Crippen molar-refractivity contribution in [1.82, 2.24) is 25.1 Å². The molecule has 1 fully saturated rings. The smallest absolute Gasteiger partial charge is 0.315 e. The average Bonchev–Trinajstić information content (AvgIpc) is 3.32. The number of nitrogens with zero attached hydrogens (tertiary/aromatic N) is 2. The van der Waals surface area contributed by atoms with E-state index in [2.05, 4.69) is 20.5 Å². The van der Waals surface area contributed by atoms with Crippen molar-refractivity contribution in [3.63, 3.8) is 0 Å². The van der Waals surface area contributed by atoms with Crippen LogP contribution in [0.1, 0.15) is 19.3 Å². The first-order valence-corrected chi connectivity index (χ1v) is 10.3. The Morgan fingerprint density at radius 2 is 2.11 bits per heavy atom. The van der Waals surface area contributed by atoms with Crippen molar-refractivity contribution in [3.8, 4) is 11.1 Å². The zero-order valence-electron chi connectivity index (χ0n) is 16.0. The Morgan fingerprint density at radius 3 is 2.71 bits per heavy atom. The lowest BCUT2D eigenvalue weighted by atomic mass is 9.88. The van der Waals surface area contributed by atoms with Crippen LogP contribution in [0.3, 0.4) is 0 Å². The van der Waals surface area contributed by atoms with E-state index in [1.165, 1.54) is 7.05 Å². The van der Waals surface area contributed by atoms with Crippen LogP contribution in [-0.4, -0.2) is 45.4 Å². The molecule has 150 valence electrons. The number of carbonyl (C=O) groups excluding carboxylic acids is 2. The van der Waals surface area contributed by atoms with E-state index in [1.54, 1.807) is 10.9 Å². The van der Waals surface area contributed by atoms with Crippen LogP contribution in [0.5, 0.6) is 0 Å². The summed E-state index contributed by atoms with van der Waals surface area (Å²) in [7, 11) is 1.97. The summed E-state index contributed by atoms with van der Waals surface area (Å²) in [5.41, 5.74) is 1.08. The molecule has 2 amide bonds. The van der Waals surface area contributed by atoms with Gasteiger partial charge < -0.3 is 15.4 Å². The lowest BCUT2D eigenvalue weighted by Crippen LogP contribution is -2.56. The topological polar surface area (TPSA) is 105 Å². The molecule has 3 atom stereocenters. The lowest BCUT2D eigenvalue weighted by molar-refractivity contribution is -0.114. The van der Waals surface area contributed by atoms with Gasteiger partial charge in [-0.25, -0.2) is 13.7 Å². The maximum absolute atomic E-state index is 12.6. The fourth-order valence-corrected chi connectivity index (χ4v) is 4.51. The Bertz CT molecular complexity index is 867. The SMILES string of the molecule is CNC(=O)NC1(C=O)CCCC1CNS(=O)c1ccc(-c2cnn(C)c2)cc1. The average molecular weight is 404 g/mol. The van der Waals surface area contributed by atoms with Gasteiger partial charge in [-0.3, -0.25) is 4.68 Å². The third kappa shape index (κ3) is 4.31. The fourth-order valence-electron chi connectivity index (χ4n) is 3.61. The number of urea groups is 1. The Morgan fingerprint density at radius 1 is 1.36 bits per heavy atom. The Kier molecular flexibility index (Phi) is 6.25. The standard InChI is InChI=1S/C19H25N5O3S/c1-20-18(26)23-19(13-25)9-3-4-16(19)11-22-28(27)17-7-5-14(6-8-17)15-10-21-24(2)12-15/h5-8,10,12-13,16,22H,3-4,9,11H2,1-2H3,(H2,20,23,26). The molecule has 0 bridgehead atoms. The van der Waals surface area contributed by atoms with Crippen LogP contribution < -0.4 is 15.4 Å². The number of amides is 2. The van der Waals surface area contributed by atoms with Crippen LogP contribution >= 0.6 is 0 Å². The number of hydrogen-bond acceptors (Lipinski definition) is 4. The molecule has 0 aliphatic heterocycles. The first-order chi connectivity index (χ1) is 13.5. The molecule has 8 nitrogen and oxygen atoms in total. The van der Waals surface area contributed by atoms with Gasteiger partial charge in [-0.1, -0.05) is 18.6 Å². The number of benzene rings is 1. The fraction of sp³-hybridized carbons (Fsp3) is 0.421. The van der Waals surface area contributed by atoms with Crippen LogP contribution in [0.4, 0.5) is 4.79 Å². The van der Waals surface area contributed by atoms with Gasteiger partial charge in [0.2, 0.25) is 0 Å². The number of carbonyl (C=O) groups is 2. The molecule has 1 aromatic carbocycles. The van der Waals surface area contributed by atoms with Gasteiger partial charge in [0.15, 0.2) is 0 Å². The summed E-state index contributed by atoms with van der Waals surface area (Å²) in [4.78, 5) is 24.1. The highest BCUT2D eigenvalue weighted by molar-refractivity contribution is 7.83. The third-order valence-electron chi connectivity index (χ3n) is 5.22. The van der Waals surface area contributed by atoms with Crippen LogP contribution in [0.25, 0.3) is 11.1 Å². The molecule has 1 aromatic heterocycles.